The Morgan fingerprint density at radius 1 is 0.812 bits per heavy atom. The number of hydrogen-bond donors (Lipinski definition) is 0. The van der Waals surface area contributed by atoms with E-state index in [4.69, 9.17) is 9.15 Å². The summed E-state index contributed by atoms with van der Waals surface area (Å²) in [4.78, 5) is 17.3. The van der Waals surface area contributed by atoms with Crippen LogP contribution in [0.5, 0.6) is 11.5 Å². The molecule has 164 valence electrons. The third-order valence-corrected chi connectivity index (χ3v) is 5.49. The van der Waals surface area contributed by atoms with Crippen LogP contribution in [0, 0.1) is 0 Å². The number of benzene rings is 3. The van der Waals surface area contributed by atoms with E-state index in [-0.39, 0.29) is 10.8 Å². The van der Waals surface area contributed by atoms with Gasteiger partial charge in [-0.25, -0.2) is 9.78 Å². The second-order valence-corrected chi connectivity index (χ2v) is 10.2. The van der Waals surface area contributed by atoms with Gasteiger partial charge < -0.3 is 9.15 Å². The van der Waals surface area contributed by atoms with Crippen LogP contribution in [-0.2, 0) is 10.8 Å². The lowest BCUT2D eigenvalue weighted by molar-refractivity contribution is 0.453. The minimum atomic E-state index is -0.465. The number of nitrogens with zero attached hydrogens (tertiary/aromatic N) is 1. The van der Waals surface area contributed by atoms with Crippen molar-refractivity contribution in [3.8, 4) is 22.8 Å². The molecule has 0 bridgehead atoms. The molecule has 0 aliphatic heterocycles. The molecular weight excluding hydrogens is 398 g/mol. The van der Waals surface area contributed by atoms with Crippen molar-refractivity contribution in [1.29, 1.82) is 0 Å². The van der Waals surface area contributed by atoms with E-state index in [0.717, 1.165) is 16.9 Å². The second kappa shape index (κ2) is 7.94. The van der Waals surface area contributed by atoms with Crippen LogP contribution in [0.25, 0.3) is 22.4 Å². The Morgan fingerprint density at radius 3 is 2.06 bits per heavy atom. The molecule has 0 fully saturated rings. The van der Waals surface area contributed by atoms with Crippen molar-refractivity contribution in [2.45, 2.75) is 52.4 Å². The first kappa shape index (κ1) is 21.8. The topological polar surface area (TPSA) is 52.3 Å². The molecule has 0 unspecified atom stereocenters. The Hall–Kier alpha value is -3.40. The van der Waals surface area contributed by atoms with Gasteiger partial charge in [0.25, 0.3) is 0 Å². The lowest BCUT2D eigenvalue weighted by atomic mass is 9.86. The van der Waals surface area contributed by atoms with Gasteiger partial charge in [0.1, 0.15) is 17.0 Å². The van der Waals surface area contributed by atoms with Crippen molar-refractivity contribution in [2.24, 2.45) is 0 Å². The number of ether oxygens (including phenoxy) is 1. The van der Waals surface area contributed by atoms with E-state index in [2.05, 4.69) is 58.7 Å². The predicted molar refractivity (Wildman–Crippen MR) is 130 cm³/mol. The van der Waals surface area contributed by atoms with E-state index < -0.39 is 5.63 Å². The minimum absolute atomic E-state index is 0.0730. The molecule has 1 heterocycles. The molecule has 4 rings (SSSR count). The summed E-state index contributed by atoms with van der Waals surface area (Å²) in [5, 5.41) is 0. The Balaban J connectivity index is 1.81. The number of hydrogen-bond acceptors (Lipinski definition) is 4. The van der Waals surface area contributed by atoms with Gasteiger partial charge in [-0.15, -0.1) is 0 Å². The third-order valence-electron chi connectivity index (χ3n) is 5.49. The fourth-order valence-corrected chi connectivity index (χ4v) is 3.63. The van der Waals surface area contributed by atoms with Gasteiger partial charge in [-0.3, -0.25) is 0 Å². The summed E-state index contributed by atoms with van der Waals surface area (Å²) in [6.07, 6.45) is 0. The molecule has 0 aliphatic rings. The van der Waals surface area contributed by atoms with Gasteiger partial charge >= 0.3 is 5.63 Å². The second-order valence-electron chi connectivity index (χ2n) is 10.2. The third kappa shape index (κ3) is 4.45. The molecule has 0 amide bonds. The van der Waals surface area contributed by atoms with Crippen LogP contribution in [0.3, 0.4) is 0 Å². The van der Waals surface area contributed by atoms with Crippen LogP contribution >= 0.6 is 0 Å². The SMILES string of the molecule is CC(C)(C)c1ccc(Oc2cc3oc(=O)c(-c4ccccc4)nc3cc2C(C)(C)C)cc1. The van der Waals surface area contributed by atoms with E-state index in [1.54, 1.807) is 6.07 Å². The summed E-state index contributed by atoms with van der Waals surface area (Å²) < 4.78 is 11.9. The fourth-order valence-electron chi connectivity index (χ4n) is 3.63. The summed E-state index contributed by atoms with van der Waals surface area (Å²) in [7, 11) is 0. The highest BCUT2D eigenvalue weighted by molar-refractivity contribution is 5.78. The van der Waals surface area contributed by atoms with Crippen LogP contribution in [0.15, 0.2) is 75.9 Å². The summed E-state index contributed by atoms with van der Waals surface area (Å²) in [6, 6.07) is 21.2. The van der Waals surface area contributed by atoms with Gasteiger partial charge in [0.05, 0.1) is 0 Å². The maximum Gasteiger partial charge on any atom is 0.363 e. The highest BCUT2D eigenvalue weighted by atomic mass is 16.5. The molecule has 3 aromatic carbocycles. The number of rotatable bonds is 3. The molecule has 0 N–H and O–H groups in total. The van der Waals surface area contributed by atoms with Crippen LogP contribution < -0.4 is 10.4 Å². The minimum Gasteiger partial charge on any atom is -0.457 e. The summed E-state index contributed by atoms with van der Waals surface area (Å²) in [5.74, 6) is 1.39. The van der Waals surface area contributed by atoms with E-state index in [9.17, 15) is 4.79 Å². The van der Waals surface area contributed by atoms with Crippen LogP contribution in [0.2, 0.25) is 0 Å². The van der Waals surface area contributed by atoms with Gasteiger partial charge in [-0.1, -0.05) is 84.0 Å². The van der Waals surface area contributed by atoms with Crippen LogP contribution in [-0.4, -0.2) is 4.98 Å². The number of fused-ring (bicyclic) bond motifs is 1. The van der Waals surface area contributed by atoms with Crippen molar-refractivity contribution in [3.05, 3.63) is 88.3 Å². The molecule has 0 spiro atoms. The predicted octanol–water partition coefficient (Wildman–Crippen LogP) is 7.24. The first-order valence-corrected chi connectivity index (χ1v) is 10.9. The Labute approximate surface area is 188 Å². The molecule has 4 heteroatoms. The maximum absolute atomic E-state index is 12.6. The summed E-state index contributed by atoms with van der Waals surface area (Å²) >= 11 is 0. The molecule has 32 heavy (non-hydrogen) atoms. The Kier molecular flexibility index (Phi) is 5.41. The van der Waals surface area contributed by atoms with Gasteiger partial charge in [-0.2, -0.15) is 0 Å². The zero-order valence-electron chi connectivity index (χ0n) is 19.5. The first-order chi connectivity index (χ1) is 15.0. The van der Waals surface area contributed by atoms with Gasteiger partial charge in [0.15, 0.2) is 11.3 Å². The molecular formula is C28H29NO3. The normalized spacial score (nSPS) is 12.2. The van der Waals surface area contributed by atoms with E-state index in [0.29, 0.717) is 22.5 Å². The van der Waals surface area contributed by atoms with E-state index in [1.807, 2.05) is 48.5 Å². The van der Waals surface area contributed by atoms with Crippen LogP contribution in [0.1, 0.15) is 52.7 Å². The van der Waals surface area contributed by atoms with Gasteiger partial charge in [0.2, 0.25) is 0 Å². The Morgan fingerprint density at radius 2 is 1.47 bits per heavy atom. The smallest absolute Gasteiger partial charge is 0.363 e. The largest absolute Gasteiger partial charge is 0.457 e. The lowest BCUT2D eigenvalue weighted by Gasteiger charge is -2.23. The molecule has 0 radical (unpaired) electrons. The molecule has 4 nitrogen and oxygen atoms in total. The maximum atomic E-state index is 12.6. The Bertz CT molecular complexity index is 1310. The van der Waals surface area contributed by atoms with Crippen LogP contribution in [0.4, 0.5) is 0 Å². The number of aromatic nitrogens is 1. The highest BCUT2D eigenvalue weighted by Crippen LogP contribution is 2.37. The zero-order valence-corrected chi connectivity index (χ0v) is 19.5. The molecule has 0 saturated heterocycles. The van der Waals surface area contributed by atoms with Crippen molar-refractivity contribution >= 4 is 11.1 Å². The standard InChI is InChI=1S/C28H29NO3/c1-27(2,3)19-12-14-20(15-13-19)31-23-17-24-22(16-21(23)28(4,5)6)29-25(26(30)32-24)18-10-8-7-9-11-18/h7-17H,1-6H3. The lowest BCUT2D eigenvalue weighted by Crippen LogP contribution is -2.14. The van der Waals surface area contributed by atoms with Crippen molar-refractivity contribution in [2.75, 3.05) is 0 Å². The van der Waals surface area contributed by atoms with E-state index in [1.165, 1.54) is 5.56 Å². The average molecular weight is 428 g/mol. The van der Waals surface area contributed by atoms with Crippen molar-refractivity contribution in [3.63, 3.8) is 0 Å². The van der Waals surface area contributed by atoms with Crippen molar-refractivity contribution < 1.29 is 9.15 Å². The van der Waals surface area contributed by atoms with E-state index >= 15 is 0 Å². The molecule has 4 aromatic rings. The summed E-state index contributed by atoms with van der Waals surface area (Å²) in [6.45, 7) is 12.9. The monoisotopic (exact) mass is 427 g/mol. The van der Waals surface area contributed by atoms with Gasteiger partial charge in [0, 0.05) is 17.2 Å². The fraction of sp³-hybridized carbons (Fsp3) is 0.286. The quantitative estimate of drug-likeness (QED) is 0.346. The molecule has 0 atom stereocenters. The molecule has 1 aromatic heterocycles. The first-order valence-electron chi connectivity index (χ1n) is 10.9. The van der Waals surface area contributed by atoms with Crippen molar-refractivity contribution in [1.82, 2.24) is 4.98 Å². The zero-order chi connectivity index (χ0) is 23.1. The average Bonchev–Trinajstić information content (AvgIpc) is 2.72. The van der Waals surface area contributed by atoms with Gasteiger partial charge in [-0.05, 0) is 34.6 Å². The molecule has 0 aliphatic carbocycles. The highest BCUT2D eigenvalue weighted by Gasteiger charge is 2.23. The summed E-state index contributed by atoms with van der Waals surface area (Å²) in [5.41, 5.74) is 3.72. The molecule has 0 saturated carbocycles.